The van der Waals surface area contributed by atoms with E-state index in [2.05, 4.69) is 9.96 Å². The van der Waals surface area contributed by atoms with E-state index in [0.717, 1.165) is 0 Å². The van der Waals surface area contributed by atoms with Crippen LogP contribution >= 0.6 is 0 Å². The lowest BCUT2D eigenvalue weighted by atomic mass is 9.92. The van der Waals surface area contributed by atoms with Gasteiger partial charge in [-0.2, -0.15) is 0 Å². The van der Waals surface area contributed by atoms with Gasteiger partial charge in [0.2, 0.25) is 0 Å². The fraction of sp³-hybridized carbons (Fsp3) is 0.857. The van der Waals surface area contributed by atoms with Crippen LogP contribution in [0.5, 0.6) is 0 Å². The largest absolute Gasteiger partial charge is 0.468 e. The Labute approximate surface area is 79.3 Å². The molecule has 6 heteroatoms. The zero-order chi connectivity index (χ0) is 10.5. The number of hydrogen-bond donors (Lipinski definition) is 2. The molecule has 0 bridgehead atoms. The first kappa shape index (κ1) is 12.4. The van der Waals surface area contributed by atoms with Crippen molar-refractivity contribution in [3.8, 4) is 0 Å². The molecule has 5 nitrogen and oxygen atoms in total. The molecule has 0 amide bonds. The predicted molar refractivity (Wildman–Crippen MR) is 51.4 cm³/mol. The second kappa shape index (κ2) is 5.21. The zero-order valence-electron chi connectivity index (χ0n) is 8.59. The second-order valence-electron chi connectivity index (χ2n) is 3.33. The monoisotopic (exact) mass is 188 g/mol. The lowest BCUT2D eigenvalue weighted by Gasteiger charge is -2.30. The average Bonchev–Trinajstić information content (AvgIpc) is 2.12. The highest BCUT2D eigenvalue weighted by Gasteiger charge is 2.32. The van der Waals surface area contributed by atoms with Crippen LogP contribution in [0, 0.1) is 0 Å². The topological polar surface area (TPSA) is 73.6 Å². The average molecular weight is 188 g/mol. The minimum atomic E-state index is -0.701. The van der Waals surface area contributed by atoms with Gasteiger partial charge < -0.3 is 20.4 Å². The van der Waals surface area contributed by atoms with E-state index in [1.54, 1.807) is 7.11 Å². The standard InChI is InChI=1S/C7H17BN2O3/c1-7(2,10-8-13-4)5(9)6(11)12-3/h5,8,10H,9H2,1-4H3/t5-/m1/s1. The van der Waals surface area contributed by atoms with Crippen LogP contribution in [0.2, 0.25) is 0 Å². The molecule has 3 N–H and O–H groups in total. The normalized spacial score (nSPS) is 13.6. The Bertz CT molecular complexity index is 175. The Balaban J connectivity index is 4.17. The van der Waals surface area contributed by atoms with Gasteiger partial charge in [0, 0.05) is 12.6 Å². The van der Waals surface area contributed by atoms with Crippen molar-refractivity contribution >= 4 is 13.6 Å². The van der Waals surface area contributed by atoms with Crippen LogP contribution in [0.3, 0.4) is 0 Å². The Hall–Kier alpha value is -0.585. The van der Waals surface area contributed by atoms with Crippen LogP contribution in [-0.4, -0.2) is 39.4 Å². The summed E-state index contributed by atoms with van der Waals surface area (Å²) in [6.45, 7) is 3.63. The van der Waals surface area contributed by atoms with Gasteiger partial charge in [0.05, 0.1) is 7.11 Å². The lowest BCUT2D eigenvalue weighted by Crippen LogP contribution is -2.59. The maximum Gasteiger partial charge on any atom is 0.360 e. The highest BCUT2D eigenvalue weighted by atomic mass is 16.5. The molecule has 0 radical (unpaired) electrons. The first-order valence-corrected chi connectivity index (χ1v) is 4.03. The van der Waals surface area contributed by atoms with Crippen molar-refractivity contribution in [1.29, 1.82) is 0 Å². The molecule has 1 atom stereocenters. The Morgan fingerprint density at radius 1 is 1.54 bits per heavy atom. The van der Waals surface area contributed by atoms with Crippen LogP contribution in [0.4, 0.5) is 0 Å². The molecule has 13 heavy (non-hydrogen) atoms. The predicted octanol–water partition coefficient (Wildman–Crippen LogP) is -1.23. The van der Waals surface area contributed by atoms with E-state index in [1.807, 2.05) is 13.8 Å². The van der Waals surface area contributed by atoms with Gasteiger partial charge in [0.1, 0.15) is 6.04 Å². The molecule has 76 valence electrons. The number of rotatable bonds is 5. The number of nitrogens with two attached hydrogens (primary N) is 1. The lowest BCUT2D eigenvalue weighted by molar-refractivity contribution is -0.143. The van der Waals surface area contributed by atoms with Crippen LogP contribution in [0.25, 0.3) is 0 Å². The van der Waals surface area contributed by atoms with E-state index < -0.39 is 17.6 Å². The van der Waals surface area contributed by atoms with Crippen LogP contribution < -0.4 is 11.0 Å². The van der Waals surface area contributed by atoms with Crippen molar-refractivity contribution in [2.24, 2.45) is 5.73 Å². The van der Waals surface area contributed by atoms with E-state index in [1.165, 1.54) is 7.11 Å². The minimum absolute atomic E-state index is 0.345. The SMILES string of the molecule is COBNC(C)(C)[C@H](N)C(=O)OC. The van der Waals surface area contributed by atoms with Crippen LogP contribution in [0.15, 0.2) is 0 Å². The van der Waals surface area contributed by atoms with Gasteiger partial charge in [-0.3, -0.25) is 4.79 Å². The molecule has 0 aromatic rings. The summed E-state index contributed by atoms with van der Waals surface area (Å²) in [7, 11) is 3.22. The zero-order valence-corrected chi connectivity index (χ0v) is 8.59. The first-order chi connectivity index (χ1) is 5.95. The number of methoxy groups -OCH3 is 1. The molecule has 0 saturated heterocycles. The van der Waals surface area contributed by atoms with Crippen molar-refractivity contribution in [1.82, 2.24) is 5.23 Å². The van der Waals surface area contributed by atoms with Crippen LogP contribution in [0.1, 0.15) is 13.8 Å². The summed E-state index contributed by atoms with van der Waals surface area (Å²) >= 11 is 0. The molecule has 0 fully saturated rings. The highest BCUT2D eigenvalue weighted by molar-refractivity contribution is 6.23. The smallest absolute Gasteiger partial charge is 0.360 e. The van der Waals surface area contributed by atoms with Gasteiger partial charge in [-0.25, -0.2) is 0 Å². The Morgan fingerprint density at radius 2 is 2.08 bits per heavy atom. The fourth-order valence-corrected chi connectivity index (χ4v) is 0.790. The third kappa shape index (κ3) is 3.76. The van der Waals surface area contributed by atoms with Gasteiger partial charge >= 0.3 is 13.6 Å². The molecule has 0 spiro atoms. The molecule has 0 heterocycles. The molecular formula is C7H17BN2O3. The molecule has 0 aromatic heterocycles. The number of ether oxygens (including phenoxy) is 1. The molecule has 0 aromatic carbocycles. The van der Waals surface area contributed by atoms with Crippen molar-refractivity contribution < 1.29 is 14.2 Å². The third-order valence-electron chi connectivity index (χ3n) is 1.90. The number of esters is 1. The maximum absolute atomic E-state index is 11.1. The van der Waals surface area contributed by atoms with Gasteiger partial charge in [0.25, 0.3) is 0 Å². The molecule has 0 aliphatic carbocycles. The van der Waals surface area contributed by atoms with Gasteiger partial charge in [-0.05, 0) is 13.8 Å². The molecule has 0 saturated carbocycles. The van der Waals surface area contributed by atoms with Gasteiger partial charge in [-0.1, -0.05) is 0 Å². The number of carbonyl (C=O) groups is 1. The minimum Gasteiger partial charge on any atom is -0.468 e. The summed E-state index contributed by atoms with van der Waals surface area (Å²) in [5, 5.41) is 2.98. The van der Waals surface area contributed by atoms with Crippen LogP contribution in [-0.2, 0) is 14.2 Å². The van der Waals surface area contributed by atoms with E-state index in [-0.39, 0.29) is 0 Å². The summed E-state index contributed by atoms with van der Waals surface area (Å²) in [6, 6.07) is -0.701. The highest BCUT2D eigenvalue weighted by Crippen LogP contribution is 2.07. The summed E-state index contributed by atoms with van der Waals surface area (Å²) in [5.41, 5.74) is 5.12. The summed E-state index contributed by atoms with van der Waals surface area (Å²) in [6.07, 6.45) is 0. The third-order valence-corrected chi connectivity index (χ3v) is 1.90. The quantitative estimate of drug-likeness (QED) is 0.417. The fourth-order valence-electron chi connectivity index (χ4n) is 0.790. The van der Waals surface area contributed by atoms with Gasteiger partial charge in [-0.15, -0.1) is 0 Å². The van der Waals surface area contributed by atoms with E-state index >= 15 is 0 Å². The van der Waals surface area contributed by atoms with Crippen molar-refractivity contribution in [3.63, 3.8) is 0 Å². The summed E-state index contributed by atoms with van der Waals surface area (Å²) in [5.74, 6) is -0.436. The molecule has 0 aliphatic heterocycles. The number of nitrogens with one attached hydrogen (secondary N) is 1. The molecule has 0 unspecified atom stereocenters. The maximum atomic E-state index is 11.1. The van der Waals surface area contributed by atoms with Crippen molar-refractivity contribution in [3.05, 3.63) is 0 Å². The van der Waals surface area contributed by atoms with Crippen molar-refractivity contribution in [2.75, 3.05) is 14.2 Å². The summed E-state index contributed by atoms with van der Waals surface area (Å²) < 4.78 is 9.36. The van der Waals surface area contributed by atoms with Gasteiger partial charge in [0.15, 0.2) is 0 Å². The van der Waals surface area contributed by atoms with E-state index in [0.29, 0.717) is 7.62 Å². The van der Waals surface area contributed by atoms with E-state index in [4.69, 9.17) is 10.4 Å². The Morgan fingerprint density at radius 3 is 2.46 bits per heavy atom. The van der Waals surface area contributed by atoms with Crippen molar-refractivity contribution in [2.45, 2.75) is 25.4 Å². The summed E-state index contributed by atoms with van der Waals surface area (Å²) in [4.78, 5) is 11.1. The number of hydrogen-bond acceptors (Lipinski definition) is 5. The molecule has 0 rings (SSSR count). The molecule has 0 aliphatic rings. The number of carbonyl (C=O) groups excluding carboxylic acids is 1. The Kier molecular flexibility index (Phi) is 4.98. The molecular weight excluding hydrogens is 171 g/mol. The van der Waals surface area contributed by atoms with E-state index in [9.17, 15) is 4.79 Å². The second-order valence-corrected chi connectivity index (χ2v) is 3.33. The first-order valence-electron chi connectivity index (χ1n) is 4.03.